The standard InChI is InChI=1S/C12H14FN3O/c1-3-10(14)11-15-12(17-16-11)8-4-5-9(13)7(2)6-8/h4-6,10H,3,14H2,1-2H3. The Morgan fingerprint density at radius 3 is 2.88 bits per heavy atom. The summed E-state index contributed by atoms with van der Waals surface area (Å²) in [5, 5.41) is 3.81. The Morgan fingerprint density at radius 1 is 1.47 bits per heavy atom. The fraction of sp³-hybridized carbons (Fsp3) is 0.333. The molecule has 1 heterocycles. The zero-order valence-electron chi connectivity index (χ0n) is 9.77. The van der Waals surface area contributed by atoms with Gasteiger partial charge in [0.05, 0.1) is 6.04 Å². The first-order chi connectivity index (χ1) is 8.11. The molecular formula is C12H14FN3O. The summed E-state index contributed by atoms with van der Waals surface area (Å²) in [6.07, 6.45) is 0.738. The van der Waals surface area contributed by atoms with Crippen molar-refractivity contribution in [3.05, 3.63) is 35.4 Å². The van der Waals surface area contributed by atoms with Crippen LogP contribution in [-0.4, -0.2) is 10.1 Å². The third-order valence-electron chi connectivity index (χ3n) is 2.62. The summed E-state index contributed by atoms with van der Waals surface area (Å²) in [5.41, 5.74) is 7.04. The first kappa shape index (κ1) is 11.7. The van der Waals surface area contributed by atoms with Gasteiger partial charge in [0.25, 0.3) is 5.89 Å². The lowest BCUT2D eigenvalue weighted by Gasteiger charge is -2.00. The monoisotopic (exact) mass is 235 g/mol. The van der Waals surface area contributed by atoms with Crippen LogP contribution in [0.2, 0.25) is 0 Å². The van der Waals surface area contributed by atoms with E-state index >= 15 is 0 Å². The largest absolute Gasteiger partial charge is 0.334 e. The molecule has 0 amide bonds. The van der Waals surface area contributed by atoms with Crippen molar-refractivity contribution in [2.45, 2.75) is 26.3 Å². The Kier molecular flexibility index (Phi) is 3.19. The highest BCUT2D eigenvalue weighted by molar-refractivity contribution is 5.54. The molecular weight excluding hydrogens is 221 g/mol. The molecule has 0 bridgehead atoms. The number of rotatable bonds is 3. The Morgan fingerprint density at radius 2 is 2.24 bits per heavy atom. The second-order valence-corrected chi connectivity index (χ2v) is 3.94. The van der Waals surface area contributed by atoms with Crippen molar-refractivity contribution in [2.24, 2.45) is 5.73 Å². The van der Waals surface area contributed by atoms with Gasteiger partial charge in [0.2, 0.25) is 0 Å². The molecule has 0 spiro atoms. The van der Waals surface area contributed by atoms with E-state index < -0.39 is 0 Å². The van der Waals surface area contributed by atoms with Crippen molar-refractivity contribution in [2.75, 3.05) is 0 Å². The minimum absolute atomic E-state index is 0.228. The Balaban J connectivity index is 2.33. The van der Waals surface area contributed by atoms with Gasteiger partial charge in [-0.3, -0.25) is 0 Å². The molecule has 90 valence electrons. The second kappa shape index (κ2) is 4.63. The average Bonchev–Trinajstić information content (AvgIpc) is 2.81. The molecule has 4 nitrogen and oxygen atoms in total. The first-order valence-corrected chi connectivity index (χ1v) is 5.47. The van der Waals surface area contributed by atoms with Crippen LogP contribution in [0.25, 0.3) is 11.5 Å². The van der Waals surface area contributed by atoms with Crippen LogP contribution < -0.4 is 5.73 Å². The summed E-state index contributed by atoms with van der Waals surface area (Å²) >= 11 is 0. The van der Waals surface area contributed by atoms with E-state index in [9.17, 15) is 4.39 Å². The molecule has 1 atom stereocenters. The summed E-state index contributed by atoms with van der Waals surface area (Å²) < 4.78 is 18.2. The lowest BCUT2D eigenvalue weighted by atomic mass is 10.1. The molecule has 1 unspecified atom stereocenters. The molecule has 1 aromatic heterocycles. The number of nitrogens with two attached hydrogens (primary N) is 1. The Hall–Kier alpha value is -1.75. The molecule has 2 N–H and O–H groups in total. The lowest BCUT2D eigenvalue weighted by molar-refractivity contribution is 0.415. The molecule has 0 fully saturated rings. The van der Waals surface area contributed by atoms with Crippen LogP contribution in [0, 0.1) is 12.7 Å². The van der Waals surface area contributed by atoms with Crippen LogP contribution in [0.3, 0.4) is 0 Å². The van der Waals surface area contributed by atoms with Gasteiger partial charge in [0.15, 0.2) is 5.82 Å². The topological polar surface area (TPSA) is 64.9 Å². The third kappa shape index (κ3) is 2.34. The smallest absolute Gasteiger partial charge is 0.257 e. The number of nitrogens with zero attached hydrogens (tertiary/aromatic N) is 2. The highest BCUT2D eigenvalue weighted by atomic mass is 19.1. The number of hydrogen-bond donors (Lipinski definition) is 1. The van der Waals surface area contributed by atoms with Gasteiger partial charge in [-0.1, -0.05) is 12.1 Å². The van der Waals surface area contributed by atoms with Gasteiger partial charge < -0.3 is 10.3 Å². The van der Waals surface area contributed by atoms with Crippen molar-refractivity contribution in [3.63, 3.8) is 0 Å². The first-order valence-electron chi connectivity index (χ1n) is 5.47. The van der Waals surface area contributed by atoms with Gasteiger partial charge in [0.1, 0.15) is 5.82 Å². The van der Waals surface area contributed by atoms with Gasteiger partial charge >= 0.3 is 0 Å². The van der Waals surface area contributed by atoms with Gasteiger partial charge in [-0.2, -0.15) is 4.98 Å². The van der Waals surface area contributed by atoms with Crippen LogP contribution in [0.4, 0.5) is 4.39 Å². The van der Waals surface area contributed by atoms with E-state index in [4.69, 9.17) is 10.3 Å². The second-order valence-electron chi connectivity index (χ2n) is 3.94. The summed E-state index contributed by atoms with van der Waals surface area (Å²) in [6.45, 7) is 3.64. The van der Waals surface area contributed by atoms with E-state index in [0.717, 1.165) is 6.42 Å². The maximum absolute atomic E-state index is 13.1. The maximum atomic E-state index is 13.1. The molecule has 0 saturated heterocycles. The zero-order chi connectivity index (χ0) is 12.4. The van der Waals surface area contributed by atoms with Gasteiger partial charge in [0, 0.05) is 5.56 Å². The predicted octanol–water partition coefficient (Wildman–Crippen LogP) is 2.59. The molecule has 5 heteroatoms. The molecule has 0 saturated carbocycles. The number of aryl methyl sites for hydroxylation is 1. The molecule has 1 aromatic carbocycles. The van der Waals surface area contributed by atoms with E-state index in [1.54, 1.807) is 19.1 Å². The predicted molar refractivity (Wildman–Crippen MR) is 61.6 cm³/mol. The normalized spacial score (nSPS) is 12.7. The van der Waals surface area contributed by atoms with Crippen LogP contribution in [-0.2, 0) is 0 Å². The van der Waals surface area contributed by atoms with Crippen molar-refractivity contribution in [1.82, 2.24) is 10.1 Å². The molecule has 2 rings (SSSR count). The van der Waals surface area contributed by atoms with Crippen LogP contribution in [0.15, 0.2) is 22.7 Å². The van der Waals surface area contributed by atoms with Gasteiger partial charge in [-0.15, -0.1) is 0 Å². The number of aromatic nitrogens is 2. The lowest BCUT2D eigenvalue weighted by Crippen LogP contribution is -2.10. The quantitative estimate of drug-likeness (QED) is 0.888. The van der Waals surface area contributed by atoms with Gasteiger partial charge in [-0.05, 0) is 37.1 Å². The summed E-state index contributed by atoms with van der Waals surface area (Å²) in [4.78, 5) is 4.20. The van der Waals surface area contributed by atoms with E-state index in [-0.39, 0.29) is 11.9 Å². The molecule has 0 aliphatic heterocycles. The molecule has 0 aliphatic rings. The summed E-state index contributed by atoms with van der Waals surface area (Å²) in [7, 11) is 0. The Bertz CT molecular complexity index is 524. The Labute approximate surface area is 98.6 Å². The third-order valence-corrected chi connectivity index (χ3v) is 2.62. The van der Waals surface area contributed by atoms with Crippen molar-refractivity contribution >= 4 is 0 Å². The minimum atomic E-state index is -0.251. The van der Waals surface area contributed by atoms with E-state index in [2.05, 4.69) is 10.1 Å². The van der Waals surface area contributed by atoms with Gasteiger partial charge in [-0.25, -0.2) is 4.39 Å². The fourth-order valence-corrected chi connectivity index (χ4v) is 1.46. The van der Waals surface area contributed by atoms with Crippen LogP contribution >= 0.6 is 0 Å². The summed E-state index contributed by atoms with van der Waals surface area (Å²) in [6, 6.07) is 4.43. The van der Waals surface area contributed by atoms with E-state index in [1.165, 1.54) is 6.07 Å². The van der Waals surface area contributed by atoms with Crippen molar-refractivity contribution in [3.8, 4) is 11.5 Å². The van der Waals surface area contributed by atoms with Crippen molar-refractivity contribution < 1.29 is 8.91 Å². The number of hydrogen-bond acceptors (Lipinski definition) is 4. The van der Waals surface area contributed by atoms with E-state index in [1.807, 2.05) is 6.92 Å². The highest BCUT2D eigenvalue weighted by Crippen LogP contribution is 2.21. The number of benzene rings is 1. The molecule has 0 aliphatic carbocycles. The summed E-state index contributed by atoms with van der Waals surface area (Å²) in [5.74, 6) is 0.593. The average molecular weight is 235 g/mol. The SMILES string of the molecule is CCC(N)c1noc(-c2ccc(F)c(C)c2)n1. The van der Waals surface area contributed by atoms with Crippen molar-refractivity contribution in [1.29, 1.82) is 0 Å². The van der Waals surface area contributed by atoms with E-state index in [0.29, 0.717) is 22.8 Å². The van der Waals surface area contributed by atoms with Crippen LogP contribution in [0.5, 0.6) is 0 Å². The minimum Gasteiger partial charge on any atom is -0.334 e. The highest BCUT2D eigenvalue weighted by Gasteiger charge is 2.14. The number of halogens is 1. The van der Waals surface area contributed by atoms with Crippen LogP contribution in [0.1, 0.15) is 30.8 Å². The fourth-order valence-electron chi connectivity index (χ4n) is 1.46. The molecule has 17 heavy (non-hydrogen) atoms. The maximum Gasteiger partial charge on any atom is 0.257 e. The molecule has 2 aromatic rings. The molecule has 0 radical (unpaired) electrons. The zero-order valence-corrected chi connectivity index (χ0v) is 9.77.